The Bertz CT molecular complexity index is 468. The van der Waals surface area contributed by atoms with Gasteiger partial charge in [-0.3, -0.25) is 4.79 Å². The maximum absolute atomic E-state index is 12.0. The molecule has 0 radical (unpaired) electrons. The van der Waals surface area contributed by atoms with Gasteiger partial charge in [-0.15, -0.1) is 0 Å². The Kier molecular flexibility index (Phi) is 5.69. The molecule has 0 aromatic carbocycles. The minimum Gasteiger partial charge on any atom is -0.395 e. The quantitative estimate of drug-likeness (QED) is 0.729. The molecule has 0 fully saturated rings. The van der Waals surface area contributed by atoms with Gasteiger partial charge in [0.2, 0.25) is 0 Å². The molecule has 108 valence electrons. The second-order valence-electron chi connectivity index (χ2n) is 5.55. The van der Waals surface area contributed by atoms with Crippen LogP contribution in [0.25, 0.3) is 0 Å². The summed E-state index contributed by atoms with van der Waals surface area (Å²) in [7, 11) is 0. The number of aryl methyl sites for hydroxylation is 2. The first-order valence-corrected chi connectivity index (χ1v) is 6.79. The Balaban J connectivity index is 2.88. The summed E-state index contributed by atoms with van der Waals surface area (Å²) in [5.74, 6) is 1.12. The van der Waals surface area contributed by atoms with Gasteiger partial charge in [-0.25, -0.2) is 4.98 Å². The van der Waals surface area contributed by atoms with Gasteiger partial charge >= 0.3 is 0 Å². The lowest BCUT2D eigenvalue weighted by Crippen LogP contribution is -2.38. The van der Waals surface area contributed by atoms with Crippen LogP contribution in [0, 0.1) is 19.8 Å². The van der Waals surface area contributed by atoms with Crippen molar-refractivity contribution in [1.82, 2.24) is 15.3 Å². The number of nitrogens with one attached hydrogen (secondary N) is 2. The number of rotatable bonds is 6. The van der Waals surface area contributed by atoms with Crippen molar-refractivity contribution in [3.63, 3.8) is 0 Å². The molecule has 1 rings (SSSR count). The van der Waals surface area contributed by atoms with Crippen molar-refractivity contribution in [2.24, 2.45) is 5.92 Å². The van der Waals surface area contributed by atoms with Crippen molar-refractivity contribution in [2.75, 3.05) is 6.61 Å². The summed E-state index contributed by atoms with van der Waals surface area (Å²) >= 11 is 0. The summed E-state index contributed by atoms with van der Waals surface area (Å²) < 4.78 is 0. The van der Waals surface area contributed by atoms with E-state index in [2.05, 4.69) is 29.1 Å². The Labute approximate surface area is 114 Å². The lowest BCUT2D eigenvalue weighted by Gasteiger charge is -2.23. The third-order valence-electron chi connectivity index (χ3n) is 3.16. The molecule has 0 spiro atoms. The van der Waals surface area contributed by atoms with Crippen molar-refractivity contribution in [2.45, 2.75) is 53.1 Å². The number of aromatic nitrogens is 2. The summed E-state index contributed by atoms with van der Waals surface area (Å²) in [6, 6.07) is -0.136. The number of hydrogen-bond donors (Lipinski definition) is 3. The van der Waals surface area contributed by atoms with Gasteiger partial charge in [0.25, 0.3) is 5.56 Å². The average molecular weight is 267 g/mol. The van der Waals surface area contributed by atoms with E-state index in [1.807, 2.05) is 13.8 Å². The largest absolute Gasteiger partial charge is 0.395 e. The fourth-order valence-electron chi connectivity index (χ4n) is 2.45. The zero-order valence-electron chi connectivity index (χ0n) is 12.4. The van der Waals surface area contributed by atoms with Crippen LogP contribution in [0.3, 0.4) is 0 Å². The van der Waals surface area contributed by atoms with Gasteiger partial charge in [0.15, 0.2) is 0 Å². The van der Waals surface area contributed by atoms with E-state index in [-0.39, 0.29) is 24.2 Å². The lowest BCUT2D eigenvalue weighted by atomic mass is 10.0. The molecule has 1 aromatic rings. The predicted molar refractivity (Wildman–Crippen MR) is 76.2 cm³/mol. The maximum atomic E-state index is 12.0. The van der Waals surface area contributed by atoms with Crippen molar-refractivity contribution in [1.29, 1.82) is 0 Å². The standard InChI is InChI=1S/C14H25N3O2/c1-8(2)6-12(7-18)16-10(4)13-9(3)15-11(5)17-14(13)19/h8,10,12,16,18H,6-7H2,1-5H3,(H,15,17,19). The third-order valence-corrected chi connectivity index (χ3v) is 3.16. The highest BCUT2D eigenvalue weighted by Gasteiger charge is 2.18. The van der Waals surface area contributed by atoms with E-state index in [1.54, 1.807) is 6.92 Å². The van der Waals surface area contributed by atoms with Gasteiger partial charge < -0.3 is 15.4 Å². The molecule has 5 nitrogen and oxygen atoms in total. The Morgan fingerprint density at radius 2 is 1.95 bits per heavy atom. The molecule has 5 heteroatoms. The summed E-state index contributed by atoms with van der Waals surface area (Å²) in [6.07, 6.45) is 0.872. The number of nitrogens with zero attached hydrogens (tertiary/aromatic N) is 1. The number of aromatic amines is 1. The lowest BCUT2D eigenvalue weighted by molar-refractivity contribution is 0.215. The van der Waals surface area contributed by atoms with E-state index in [1.165, 1.54) is 0 Å². The van der Waals surface area contributed by atoms with Gasteiger partial charge in [-0.05, 0) is 33.1 Å². The fourth-order valence-corrected chi connectivity index (χ4v) is 2.45. The molecule has 2 atom stereocenters. The van der Waals surface area contributed by atoms with Crippen LogP contribution >= 0.6 is 0 Å². The first-order valence-electron chi connectivity index (χ1n) is 6.79. The highest BCUT2D eigenvalue weighted by Crippen LogP contribution is 2.14. The number of hydrogen-bond acceptors (Lipinski definition) is 4. The topological polar surface area (TPSA) is 78.0 Å². The molecule has 0 aliphatic carbocycles. The van der Waals surface area contributed by atoms with E-state index in [0.29, 0.717) is 17.3 Å². The van der Waals surface area contributed by atoms with Crippen molar-refractivity contribution < 1.29 is 5.11 Å². The molecule has 0 aliphatic rings. The van der Waals surface area contributed by atoms with Crippen LogP contribution in [0.1, 0.15) is 50.3 Å². The Morgan fingerprint density at radius 3 is 2.42 bits per heavy atom. The third kappa shape index (κ3) is 4.44. The molecule has 0 bridgehead atoms. The summed E-state index contributed by atoms with van der Waals surface area (Å²) in [5.41, 5.74) is 1.28. The van der Waals surface area contributed by atoms with Gasteiger partial charge in [-0.2, -0.15) is 0 Å². The van der Waals surface area contributed by atoms with Crippen LogP contribution < -0.4 is 10.9 Å². The minimum atomic E-state index is -0.132. The summed E-state index contributed by atoms with van der Waals surface area (Å²) in [6.45, 7) is 9.83. The molecule has 0 saturated heterocycles. The van der Waals surface area contributed by atoms with Crippen molar-refractivity contribution in [3.05, 3.63) is 27.4 Å². The second-order valence-corrected chi connectivity index (χ2v) is 5.55. The molecular formula is C14H25N3O2. The molecule has 0 amide bonds. The van der Waals surface area contributed by atoms with Crippen LogP contribution in [0.2, 0.25) is 0 Å². The molecule has 19 heavy (non-hydrogen) atoms. The summed E-state index contributed by atoms with van der Waals surface area (Å²) in [5, 5.41) is 12.7. The van der Waals surface area contributed by atoms with Crippen LogP contribution in [0.15, 0.2) is 4.79 Å². The molecule has 1 heterocycles. The smallest absolute Gasteiger partial charge is 0.255 e. The Morgan fingerprint density at radius 1 is 1.32 bits per heavy atom. The first kappa shape index (κ1) is 15.9. The predicted octanol–water partition coefficient (Wildman–Crippen LogP) is 1.44. The zero-order valence-corrected chi connectivity index (χ0v) is 12.4. The fraction of sp³-hybridized carbons (Fsp3) is 0.714. The van der Waals surface area contributed by atoms with E-state index < -0.39 is 0 Å². The molecular weight excluding hydrogens is 242 g/mol. The monoisotopic (exact) mass is 267 g/mol. The van der Waals surface area contributed by atoms with Crippen LogP contribution in [-0.4, -0.2) is 27.7 Å². The Hall–Kier alpha value is -1.20. The van der Waals surface area contributed by atoms with Gasteiger partial charge in [0.05, 0.1) is 12.2 Å². The maximum Gasteiger partial charge on any atom is 0.255 e. The zero-order chi connectivity index (χ0) is 14.6. The van der Waals surface area contributed by atoms with Crippen molar-refractivity contribution in [3.8, 4) is 0 Å². The van der Waals surface area contributed by atoms with E-state index >= 15 is 0 Å². The van der Waals surface area contributed by atoms with Crippen molar-refractivity contribution >= 4 is 0 Å². The highest BCUT2D eigenvalue weighted by molar-refractivity contribution is 5.20. The molecule has 2 unspecified atom stereocenters. The highest BCUT2D eigenvalue weighted by atomic mass is 16.3. The average Bonchev–Trinajstić information content (AvgIpc) is 2.25. The van der Waals surface area contributed by atoms with E-state index in [9.17, 15) is 9.90 Å². The second kappa shape index (κ2) is 6.82. The van der Waals surface area contributed by atoms with Gasteiger partial charge in [-0.1, -0.05) is 13.8 Å². The van der Waals surface area contributed by atoms with Crippen LogP contribution in [0.5, 0.6) is 0 Å². The van der Waals surface area contributed by atoms with E-state index in [0.717, 1.165) is 12.1 Å². The molecule has 3 N–H and O–H groups in total. The number of aliphatic hydroxyl groups is 1. The number of aliphatic hydroxyl groups excluding tert-OH is 1. The molecule has 0 saturated carbocycles. The molecule has 1 aromatic heterocycles. The number of H-pyrrole nitrogens is 1. The normalized spacial score (nSPS) is 14.7. The van der Waals surface area contributed by atoms with E-state index in [4.69, 9.17) is 0 Å². The van der Waals surface area contributed by atoms with Crippen LogP contribution in [0.4, 0.5) is 0 Å². The van der Waals surface area contributed by atoms with Crippen LogP contribution in [-0.2, 0) is 0 Å². The summed E-state index contributed by atoms with van der Waals surface area (Å²) in [4.78, 5) is 19.0. The van der Waals surface area contributed by atoms with Gasteiger partial charge in [0, 0.05) is 17.8 Å². The van der Waals surface area contributed by atoms with Gasteiger partial charge in [0.1, 0.15) is 5.82 Å². The SMILES string of the molecule is Cc1nc(C)c(C(C)NC(CO)CC(C)C)c(=O)[nH]1. The first-order chi connectivity index (χ1) is 8.85. The minimum absolute atomic E-state index is 0.00453. The molecule has 0 aliphatic heterocycles.